The Bertz CT molecular complexity index is 919. The molecule has 0 amide bonds. The van der Waals surface area contributed by atoms with Gasteiger partial charge in [0.2, 0.25) is 0 Å². The minimum atomic E-state index is -2.15. The van der Waals surface area contributed by atoms with Crippen molar-refractivity contribution in [2.24, 2.45) is 11.8 Å². The first-order valence-corrected chi connectivity index (χ1v) is 26.7. The van der Waals surface area contributed by atoms with Crippen molar-refractivity contribution in [3.05, 3.63) is 0 Å². The van der Waals surface area contributed by atoms with E-state index in [2.05, 4.69) is 131 Å². The Morgan fingerprint density at radius 1 is 0.795 bits per heavy atom. The predicted octanol–water partition coefficient (Wildman–Crippen LogP) is 10.3. The average molecular weight is 740 g/mol. The molecule has 0 bridgehead atoms. The zero-order chi connectivity index (χ0) is 34.9. The Morgan fingerprint density at radius 2 is 1.25 bits per heavy atom. The Balaban J connectivity index is 3.48. The van der Waals surface area contributed by atoms with Gasteiger partial charge in [0.1, 0.15) is 5.78 Å². The zero-order valence-corrected chi connectivity index (χ0v) is 36.7. The fourth-order valence-electron chi connectivity index (χ4n) is 4.48. The zero-order valence-electron chi connectivity index (χ0n) is 32.1. The summed E-state index contributed by atoms with van der Waals surface area (Å²) in [5.41, 5.74) is 0. The molecule has 0 N–H and O–H groups in total. The lowest BCUT2D eigenvalue weighted by Crippen LogP contribution is -2.60. The SMILES string of the molecule is CC(C)C(=O)C[C@@H](O[C@H]1C[C@@H](O[Si](C)(C)C(C)(C)C)[C@H](O[Si](C)(C)C(C)(C)C)[C@@H](CBr)O1)[C@H](C)[C@@H](C)O[Si](C)(C)C(C)(C)C. The van der Waals surface area contributed by atoms with Gasteiger partial charge in [-0.1, -0.05) is 99.0 Å². The summed E-state index contributed by atoms with van der Waals surface area (Å²) in [4.78, 5) is 13.2. The van der Waals surface area contributed by atoms with Crippen molar-refractivity contribution in [1.82, 2.24) is 0 Å². The molecule has 0 radical (unpaired) electrons. The molecule has 1 aliphatic rings. The van der Waals surface area contributed by atoms with E-state index in [9.17, 15) is 4.79 Å². The van der Waals surface area contributed by atoms with Crippen LogP contribution in [0.25, 0.3) is 0 Å². The van der Waals surface area contributed by atoms with Crippen LogP contribution in [0.15, 0.2) is 0 Å². The summed E-state index contributed by atoms with van der Waals surface area (Å²) in [7, 11) is -6.31. The number of hydrogen-bond donors (Lipinski definition) is 0. The van der Waals surface area contributed by atoms with E-state index in [-0.39, 0.29) is 63.3 Å². The summed E-state index contributed by atoms with van der Waals surface area (Å²) < 4.78 is 34.6. The Labute approximate surface area is 284 Å². The highest BCUT2D eigenvalue weighted by atomic mass is 79.9. The summed E-state index contributed by atoms with van der Waals surface area (Å²) in [5.74, 6) is 0.130. The average Bonchev–Trinajstić information content (AvgIpc) is 2.81. The second-order valence-corrected chi connectivity index (χ2v) is 33.1. The van der Waals surface area contributed by atoms with Gasteiger partial charge < -0.3 is 22.8 Å². The number of carbonyl (C=O) groups excluding carboxylic acids is 1. The maximum Gasteiger partial charge on any atom is 0.192 e. The van der Waals surface area contributed by atoms with Crippen LogP contribution in [-0.4, -0.2) is 72.9 Å². The van der Waals surface area contributed by atoms with E-state index in [0.717, 1.165) is 0 Å². The number of halogens is 1. The van der Waals surface area contributed by atoms with Gasteiger partial charge in [0.15, 0.2) is 31.2 Å². The van der Waals surface area contributed by atoms with Crippen molar-refractivity contribution >= 4 is 46.7 Å². The van der Waals surface area contributed by atoms with Gasteiger partial charge in [-0.2, -0.15) is 0 Å². The molecule has 262 valence electrons. The van der Waals surface area contributed by atoms with Gasteiger partial charge in [-0.3, -0.25) is 4.79 Å². The van der Waals surface area contributed by atoms with E-state index in [1.54, 1.807) is 0 Å². The van der Waals surface area contributed by atoms with Crippen LogP contribution >= 0.6 is 15.9 Å². The predicted molar refractivity (Wildman–Crippen MR) is 197 cm³/mol. The van der Waals surface area contributed by atoms with Gasteiger partial charge in [-0.05, 0) is 61.3 Å². The second-order valence-electron chi connectivity index (χ2n) is 18.2. The fraction of sp³-hybridized carbons (Fsp3) is 0.971. The van der Waals surface area contributed by atoms with Gasteiger partial charge >= 0.3 is 0 Å². The molecule has 0 unspecified atom stereocenters. The number of hydrogen-bond acceptors (Lipinski definition) is 6. The van der Waals surface area contributed by atoms with E-state index in [1.807, 2.05) is 13.8 Å². The lowest BCUT2D eigenvalue weighted by Gasteiger charge is -2.50. The molecule has 44 heavy (non-hydrogen) atoms. The molecule has 1 rings (SSSR count). The Morgan fingerprint density at radius 3 is 1.66 bits per heavy atom. The van der Waals surface area contributed by atoms with E-state index in [0.29, 0.717) is 18.2 Å². The van der Waals surface area contributed by atoms with Crippen molar-refractivity contribution < 1.29 is 27.5 Å². The molecule has 0 aromatic carbocycles. The summed E-state index contributed by atoms with van der Waals surface area (Å²) >= 11 is 3.75. The third-order valence-corrected chi connectivity index (χ3v) is 25.3. The van der Waals surface area contributed by atoms with Gasteiger partial charge in [-0.15, -0.1) is 0 Å². The van der Waals surface area contributed by atoms with Crippen LogP contribution in [0.1, 0.15) is 103 Å². The number of alkyl halides is 1. The molecule has 7 atom stereocenters. The lowest BCUT2D eigenvalue weighted by atomic mass is 9.92. The number of carbonyl (C=O) groups is 1. The quantitative estimate of drug-likeness (QED) is 0.131. The maximum absolute atomic E-state index is 13.2. The van der Waals surface area contributed by atoms with E-state index < -0.39 is 31.2 Å². The van der Waals surface area contributed by atoms with Crippen molar-refractivity contribution in [1.29, 1.82) is 0 Å². The van der Waals surface area contributed by atoms with E-state index >= 15 is 0 Å². The molecule has 6 nitrogen and oxygen atoms in total. The molecule has 1 aliphatic heterocycles. The molecule has 0 aromatic rings. The Hall–Kier alpha value is 0.601. The summed E-state index contributed by atoms with van der Waals surface area (Å²) in [5, 5.41) is 0.800. The largest absolute Gasteiger partial charge is 0.414 e. The second kappa shape index (κ2) is 15.4. The number of rotatable bonds is 14. The molecule has 0 spiro atoms. The van der Waals surface area contributed by atoms with Crippen LogP contribution in [0, 0.1) is 11.8 Å². The molecule has 1 saturated heterocycles. The monoisotopic (exact) mass is 738 g/mol. The van der Waals surface area contributed by atoms with Gasteiger partial charge in [0, 0.05) is 36.1 Å². The lowest BCUT2D eigenvalue weighted by molar-refractivity contribution is -0.260. The van der Waals surface area contributed by atoms with Crippen LogP contribution in [0.3, 0.4) is 0 Å². The molecule has 0 aliphatic carbocycles. The molecular formula is C34H71BrO6Si3. The van der Waals surface area contributed by atoms with E-state index in [4.69, 9.17) is 22.8 Å². The highest BCUT2D eigenvalue weighted by molar-refractivity contribution is 9.09. The number of Topliss-reactive ketones (excluding diaryl/α,β-unsaturated/α-hetero) is 1. The highest BCUT2D eigenvalue weighted by Gasteiger charge is 2.50. The first-order valence-electron chi connectivity index (χ1n) is 16.9. The van der Waals surface area contributed by atoms with Crippen molar-refractivity contribution in [2.45, 2.75) is 194 Å². The molecule has 1 heterocycles. The van der Waals surface area contributed by atoms with Gasteiger partial charge in [0.25, 0.3) is 0 Å². The van der Waals surface area contributed by atoms with Crippen molar-refractivity contribution in [3.63, 3.8) is 0 Å². The van der Waals surface area contributed by atoms with Gasteiger partial charge in [0.05, 0.1) is 24.4 Å². The van der Waals surface area contributed by atoms with Gasteiger partial charge in [-0.25, -0.2) is 0 Å². The molecule has 0 saturated carbocycles. The summed E-state index contributed by atoms with van der Waals surface area (Å²) in [6.45, 7) is 42.4. The van der Waals surface area contributed by atoms with Crippen molar-refractivity contribution in [3.8, 4) is 0 Å². The van der Waals surface area contributed by atoms with Crippen LogP contribution in [0.4, 0.5) is 0 Å². The van der Waals surface area contributed by atoms with Crippen LogP contribution in [0.2, 0.25) is 54.4 Å². The third-order valence-electron chi connectivity index (χ3n) is 11.1. The summed E-state index contributed by atoms with van der Waals surface area (Å²) in [6.07, 6.45) is -0.647. The smallest absolute Gasteiger partial charge is 0.192 e. The Kier molecular flexibility index (Phi) is 15.0. The van der Waals surface area contributed by atoms with Crippen LogP contribution < -0.4 is 0 Å². The molecule has 0 aromatic heterocycles. The number of ether oxygens (including phenoxy) is 2. The van der Waals surface area contributed by atoms with Crippen LogP contribution in [0.5, 0.6) is 0 Å². The van der Waals surface area contributed by atoms with Crippen LogP contribution in [-0.2, 0) is 27.5 Å². The van der Waals surface area contributed by atoms with E-state index in [1.165, 1.54) is 0 Å². The highest BCUT2D eigenvalue weighted by Crippen LogP contribution is 2.44. The standard InChI is InChI=1S/C34H71BrO6Si3/c1-23(2)26(36)20-27(24(3)25(4)39-42(14,15)32(5,6)7)37-30-21-28(40-43(16,17)33(8,9)10)31(29(22-35)38-30)41-44(18,19)34(11,12)13/h23-25,27-31H,20-22H2,1-19H3/t24-,25-,27-,28-,29-,30-,31+/m1/s1. The molecule has 10 heteroatoms. The summed E-state index contributed by atoms with van der Waals surface area (Å²) in [6, 6.07) is 0. The number of ketones is 1. The van der Waals surface area contributed by atoms with Crippen molar-refractivity contribution in [2.75, 3.05) is 5.33 Å². The molecular weight excluding hydrogens is 669 g/mol. The third kappa shape index (κ3) is 11.3. The first-order chi connectivity index (χ1) is 19.5. The molecule has 1 fully saturated rings. The minimum Gasteiger partial charge on any atom is -0.414 e. The minimum absolute atomic E-state index is 0.00110. The first kappa shape index (κ1) is 42.6. The topological polar surface area (TPSA) is 63.2 Å². The normalized spacial score (nSPS) is 25.2. The fourth-order valence-corrected chi connectivity index (χ4v) is 9.18. The maximum atomic E-state index is 13.2.